The first-order valence-corrected chi connectivity index (χ1v) is 6.17. The molecule has 0 saturated carbocycles. The first kappa shape index (κ1) is 12.9. The van der Waals surface area contributed by atoms with Crippen molar-refractivity contribution in [3.63, 3.8) is 0 Å². The summed E-state index contributed by atoms with van der Waals surface area (Å²) in [6, 6.07) is 9.16. The second kappa shape index (κ2) is 6.41. The average Bonchev–Trinajstić information content (AvgIpc) is 2.27. The summed E-state index contributed by atoms with van der Waals surface area (Å²) in [6.45, 7) is 4.48. The quantitative estimate of drug-likeness (QED) is 0.785. The minimum atomic E-state index is 0.560. The number of hydrogen-bond acceptors (Lipinski definition) is 2. The van der Waals surface area contributed by atoms with Crippen LogP contribution in [0.5, 0.6) is 0 Å². The van der Waals surface area contributed by atoms with E-state index in [2.05, 4.69) is 62.4 Å². The van der Waals surface area contributed by atoms with Gasteiger partial charge in [-0.1, -0.05) is 19.8 Å². The number of rotatable bonds is 6. The molecule has 90 valence electrons. The third kappa shape index (κ3) is 4.13. The molecule has 0 heterocycles. The van der Waals surface area contributed by atoms with Gasteiger partial charge in [-0.15, -0.1) is 0 Å². The lowest BCUT2D eigenvalue weighted by molar-refractivity contribution is 0.645. The molecule has 2 nitrogen and oxygen atoms in total. The number of anilines is 2. The van der Waals surface area contributed by atoms with Crippen LogP contribution >= 0.6 is 0 Å². The molecule has 0 aliphatic heterocycles. The molecule has 2 heteroatoms. The summed E-state index contributed by atoms with van der Waals surface area (Å²) in [5, 5.41) is 3.52. The maximum absolute atomic E-state index is 3.52. The maximum atomic E-state index is 3.52. The van der Waals surface area contributed by atoms with Crippen LogP contribution in [-0.2, 0) is 0 Å². The summed E-state index contributed by atoms with van der Waals surface area (Å²) in [5.41, 5.74) is 2.46. The predicted octanol–water partition coefficient (Wildman–Crippen LogP) is 3.74. The second-order valence-electron chi connectivity index (χ2n) is 4.63. The summed E-state index contributed by atoms with van der Waals surface area (Å²) in [7, 11) is 4.12. The fourth-order valence-corrected chi connectivity index (χ4v) is 1.72. The van der Waals surface area contributed by atoms with E-state index in [-0.39, 0.29) is 0 Å². The Morgan fingerprint density at radius 1 is 1.19 bits per heavy atom. The molecule has 1 aromatic rings. The summed E-state index contributed by atoms with van der Waals surface area (Å²) in [4.78, 5) is 2.12. The van der Waals surface area contributed by atoms with Gasteiger partial charge in [0.05, 0.1) is 0 Å². The van der Waals surface area contributed by atoms with E-state index < -0.39 is 0 Å². The molecule has 0 amide bonds. The van der Waals surface area contributed by atoms with E-state index in [0.717, 1.165) is 0 Å². The zero-order valence-electron chi connectivity index (χ0n) is 11.0. The van der Waals surface area contributed by atoms with E-state index in [1.165, 1.54) is 30.6 Å². The van der Waals surface area contributed by atoms with E-state index in [4.69, 9.17) is 0 Å². The van der Waals surface area contributed by atoms with E-state index in [9.17, 15) is 0 Å². The Kier molecular flexibility index (Phi) is 5.17. The number of nitrogens with one attached hydrogen (secondary N) is 1. The minimum Gasteiger partial charge on any atom is -0.383 e. The molecule has 0 aliphatic carbocycles. The van der Waals surface area contributed by atoms with Crippen molar-refractivity contribution in [1.82, 2.24) is 0 Å². The molecule has 1 unspecified atom stereocenters. The highest BCUT2D eigenvalue weighted by molar-refractivity contribution is 5.54. The molecule has 1 aromatic carbocycles. The Labute approximate surface area is 99.7 Å². The summed E-state index contributed by atoms with van der Waals surface area (Å²) < 4.78 is 0. The lowest BCUT2D eigenvalue weighted by atomic mass is 10.1. The summed E-state index contributed by atoms with van der Waals surface area (Å²) in [6.07, 6.45) is 3.81. The van der Waals surface area contributed by atoms with Crippen LogP contribution in [0.4, 0.5) is 11.4 Å². The number of hydrogen-bond donors (Lipinski definition) is 1. The van der Waals surface area contributed by atoms with Crippen LogP contribution in [0.25, 0.3) is 0 Å². The fraction of sp³-hybridized carbons (Fsp3) is 0.571. The molecule has 1 N–H and O–H groups in total. The first-order valence-electron chi connectivity index (χ1n) is 6.17. The zero-order valence-corrected chi connectivity index (χ0v) is 11.0. The Hall–Kier alpha value is -1.18. The second-order valence-corrected chi connectivity index (χ2v) is 4.63. The van der Waals surface area contributed by atoms with E-state index in [0.29, 0.717) is 6.04 Å². The minimum absolute atomic E-state index is 0.560. The van der Waals surface area contributed by atoms with Gasteiger partial charge in [0.25, 0.3) is 0 Å². The highest BCUT2D eigenvalue weighted by atomic mass is 15.1. The van der Waals surface area contributed by atoms with Crippen molar-refractivity contribution < 1.29 is 0 Å². The molecule has 0 spiro atoms. The molecule has 0 saturated heterocycles. The predicted molar refractivity (Wildman–Crippen MR) is 73.4 cm³/mol. The average molecular weight is 220 g/mol. The van der Waals surface area contributed by atoms with E-state index in [1.54, 1.807) is 0 Å². The monoisotopic (exact) mass is 220 g/mol. The van der Waals surface area contributed by atoms with Crippen LogP contribution in [0.1, 0.15) is 33.1 Å². The van der Waals surface area contributed by atoms with Crippen molar-refractivity contribution in [1.29, 1.82) is 0 Å². The zero-order chi connectivity index (χ0) is 12.0. The van der Waals surface area contributed by atoms with Crippen LogP contribution < -0.4 is 10.2 Å². The third-order valence-corrected chi connectivity index (χ3v) is 2.79. The van der Waals surface area contributed by atoms with Crippen molar-refractivity contribution in [2.75, 3.05) is 24.3 Å². The first-order chi connectivity index (χ1) is 7.63. The Morgan fingerprint density at radius 3 is 2.31 bits per heavy atom. The van der Waals surface area contributed by atoms with Gasteiger partial charge in [-0.3, -0.25) is 0 Å². The largest absolute Gasteiger partial charge is 0.383 e. The fourth-order valence-electron chi connectivity index (χ4n) is 1.72. The van der Waals surface area contributed by atoms with Crippen LogP contribution in [0.3, 0.4) is 0 Å². The van der Waals surface area contributed by atoms with Crippen molar-refractivity contribution in [2.24, 2.45) is 0 Å². The normalized spacial score (nSPS) is 12.2. The molecular weight excluding hydrogens is 196 g/mol. The summed E-state index contributed by atoms with van der Waals surface area (Å²) in [5.74, 6) is 0. The van der Waals surface area contributed by atoms with Crippen molar-refractivity contribution >= 4 is 11.4 Å². The third-order valence-electron chi connectivity index (χ3n) is 2.79. The molecule has 1 rings (SSSR count). The molecule has 0 fully saturated rings. The maximum Gasteiger partial charge on any atom is 0.0362 e. The van der Waals surface area contributed by atoms with Gasteiger partial charge in [0, 0.05) is 31.5 Å². The standard InChI is InChI=1S/C14H24N2/c1-5-6-7-12(2)15-13-8-10-14(11-9-13)16(3)4/h8-12,15H,5-7H2,1-4H3. The van der Waals surface area contributed by atoms with Gasteiger partial charge >= 0.3 is 0 Å². The van der Waals surface area contributed by atoms with Gasteiger partial charge in [-0.05, 0) is 37.6 Å². The van der Waals surface area contributed by atoms with Crippen molar-refractivity contribution in [3.8, 4) is 0 Å². The number of nitrogens with zero attached hydrogens (tertiary/aromatic N) is 1. The number of unbranched alkanes of at least 4 members (excludes halogenated alkanes) is 1. The number of benzene rings is 1. The highest BCUT2D eigenvalue weighted by Crippen LogP contribution is 2.17. The SMILES string of the molecule is CCCCC(C)Nc1ccc(N(C)C)cc1. The molecule has 0 bridgehead atoms. The highest BCUT2D eigenvalue weighted by Gasteiger charge is 2.01. The lowest BCUT2D eigenvalue weighted by Crippen LogP contribution is -2.15. The Morgan fingerprint density at radius 2 is 1.81 bits per heavy atom. The molecule has 0 aromatic heterocycles. The van der Waals surface area contributed by atoms with Gasteiger partial charge in [0.15, 0.2) is 0 Å². The van der Waals surface area contributed by atoms with Gasteiger partial charge in [-0.2, -0.15) is 0 Å². The topological polar surface area (TPSA) is 15.3 Å². The van der Waals surface area contributed by atoms with E-state index in [1.807, 2.05) is 0 Å². The Bertz CT molecular complexity index is 290. The van der Waals surface area contributed by atoms with Gasteiger partial charge in [0.1, 0.15) is 0 Å². The van der Waals surface area contributed by atoms with Crippen molar-refractivity contribution in [2.45, 2.75) is 39.2 Å². The van der Waals surface area contributed by atoms with Crippen LogP contribution in [0.15, 0.2) is 24.3 Å². The van der Waals surface area contributed by atoms with E-state index >= 15 is 0 Å². The smallest absolute Gasteiger partial charge is 0.0362 e. The molecular formula is C14H24N2. The molecule has 1 atom stereocenters. The van der Waals surface area contributed by atoms with Crippen LogP contribution in [0, 0.1) is 0 Å². The van der Waals surface area contributed by atoms with Gasteiger partial charge < -0.3 is 10.2 Å². The molecule has 16 heavy (non-hydrogen) atoms. The molecule has 0 aliphatic rings. The van der Waals surface area contributed by atoms with Gasteiger partial charge in [0.2, 0.25) is 0 Å². The van der Waals surface area contributed by atoms with Crippen LogP contribution in [-0.4, -0.2) is 20.1 Å². The Balaban J connectivity index is 2.48. The summed E-state index contributed by atoms with van der Waals surface area (Å²) >= 11 is 0. The van der Waals surface area contributed by atoms with Crippen LogP contribution in [0.2, 0.25) is 0 Å². The lowest BCUT2D eigenvalue weighted by Gasteiger charge is -2.17. The van der Waals surface area contributed by atoms with Gasteiger partial charge in [-0.25, -0.2) is 0 Å². The van der Waals surface area contributed by atoms with Crippen molar-refractivity contribution in [3.05, 3.63) is 24.3 Å². The molecule has 0 radical (unpaired) electrons.